The van der Waals surface area contributed by atoms with Crippen LogP contribution in [0.4, 0.5) is 0 Å². The number of amides is 1. The zero-order chi connectivity index (χ0) is 17.5. The smallest absolute Gasteiger partial charge is 0.225 e. The van der Waals surface area contributed by atoms with Crippen molar-refractivity contribution < 1.29 is 4.79 Å². The van der Waals surface area contributed by atoms with Crippen LogP contribution in [-0.4, -0.2) is 54.5 Å². The molecule has 1 aliphatic carbocycles. The molecule has 1 aromatic heterocycles. The number of carbonyl (C=O) groups is 1. The number of pyridine rings is 1. The Balaban J connectivity index is 0.00000243. The average Bonchev–Trinajstić information content (AvgIpc) is 3.33. The van der Waals surface area contributed by atoms with Gasteiger partial charge in [-0.25, -0.2) is 0 Å². The maximum absolute atomic E-state index is 12.5. The van der Waals surface area contributed by atoms with Crippen LogP contribution < -0.4 is 10.6 Å². The molecule has 1 aromatic rings. The Morgan fingerprint density at radius 3 is 2.85 bits per heavy atom. The number of likely N-dealkylation sites (tertiary alicyclic amines) is 1. The highest BCUT2D eigenvalue weighted by Gasteiger charge is 2.32. The first-order valence-electron chi connectivity index (χ1n) is 9.41. The van der Waals surface area contributed by atoms with E-state index in [1.807, 2.05) is 17.2 Å². The number of aliphatic imine (C=N–C) groups is 1. The number of halogens is 1. The molecule has 2 heterocycles. The number of nitrogens with one attached hydrogen (secondary N) is 2. The summed E-state index contributed by atoms with van der Waals surface area (Å²) in [5, 5.41) is 6.81. The number of guanidine groups is 1. The van der Waals surface area contributed by atoms with E-state index in [-0.39, 0.29) is 35.9 Å². The summed E-state index contributed by atoms with van der Waals surface area (Å²) in [6.07, 6.45) is 10.1. The molecule has 3 rings (SSSR count). The maximum atomic E-state index is 12.5. The number of rotatable bonds is 5. The van der Waals surface area contributed by atoms with Crippen molar-refractivity contribution in [1.29, 1.82) is 0 Å². The second kappa shape index (κ2) is 10.7. The highest BCUT2D eigenvalue weighted by Crippen LogP contribution is 2.27. The highest BCUT2D eigenvalue weighted by molar-refractivity contribution is 14.0. The van der Waals surface area contributed by atoms with E-state index < -0.39 is 0 Å². The topological polar surface area (TPSA) is 69.6 Å². The van der Waals surface area contributed by atoms with E-state index in [1.165, 1.54) is 18.4 Å². The fraction of sp³-hybridized carbons (Fsp3) is 0.632. The summed E-state index contributed by atoms with van der Waals surface area (Å²) in [5.41, 5.74) is 1.21. The second-order valence-electron chi connectivity index (χ2n) is 7.01. The largest absolute Gasteiger partial charge is 0.356 e. The van der Waals surface area contributed by atoms with Crippen molar-refractivity contribution in [2.75, 3.05) is 26.7 Å². The lowest BCUT2D eigenvalue weighted by atomic mass is 10.1. The third kappa shape index (κ3) is 5.82. The van der Waals surface area contributed by atoms with Crippen molar-refractivity contribution in [3.8, 4) is 0 Å². The molecular formula is C19H30IN5O. The predicted molar refractivity (Wildman–Crippen MR) is 115 cm³/mol. The highest BCUT2D eigenvalue weighted by atomic mass is 127. The lowest BCUT2D eigenvalue weighted by Crippen LogP contribution is -2.45. The Labute approximate surface area is 173 Å². The van der Waals surface area contributed by atoms with Crippen LogP contribution in [0.3, 0.4) is 0 Å². The fourth-order valence-corrected chi connectivity index (χ4v) is 3.77. The zero-order valence-corrected chi connectivity index (χ0v) is 17.8. The summed E-state index contributed by atoms with van der Waals surface area (Å²) in [6, 6.07) is 4.32. The van der Waals surface area contributed by atoms with Crippen LogP contribution in [0.1, 0.15) is 37.7 Å². The van der Waals surface area contributed by atoms with Gasteiger partial charge in [-0.05, 0) is 37.3 Å². The first kappa shape index (κ1) is 20.9. The molecule has 0 spiro atoms. The third-order valence-electron chi connectivity index (χ3n) is 5.20. The van der Waals surface area contributed by atoms with Gasteiger partial charge in [-0.3, -0.25) is 14.8 Å². The Hall–Kier alpha value is -1.38. The summed E-state index contributed by atoms with van der Waals surface area (Å²) in [4.78, 5) is 23.0. The molecule has 2 fully saturated rings. The van der Waals surface area contributed by atoms with Crippen molar-refractivity contribution in [1.82, 2.24) is 20.5 Å². The summed E-state index contributed by atoms with van der Waals surface area (Å²) >= 11 is 0. The van der Waals surface area contributed by atoms with Crippen molar-refractivity contribution in [3.05, 3.63) is 30.1 Å². The van der Waals surface area contributed by atoms with Crippen LogP contribution in [0.2, 0.25) is 0 Å². The average molecular weight is 471 g/mol. The first-order valence-corrected chi connectivity index (χ1v) is 9.41. The molecule has 0 radical (unpaired) electrons. The molecule has 1 unspecified atom stereocenters. The van der Waals surface area contributed by atoms with Crippen molar-refractivity contribution >= 4 is 35.8 Å². The Bertz CT molecular complexity index is 589. The van der Waals surface area contributed by atoms with Crippen molar-refractivity contribution in [2.24, 2.45) is 10.9 Å². The SMILES string of the molecule is CN=C(NCCc1cccnc1)NC1CCN(C(=O)C2CCCC2)C1.I. The lowest BCUT2D eigenvalue weighted by Gasteiger charge is -2.21. The van der Waals surface area contributed by atoms with E-state index in [0.29, 0.717) is 5.91 Å². The van der Waals surface area contributed by atoms with Gasteiger partial charge in [0.05, 0.1) is 0 Å². The first-order chi connectivity index (χ1) is 12.3. The number of hydrogen-bond acceptors (Lipinski definition) is 3. The number of aromatic nitrogens is 1. The van der Waals surface area contributed by atoms with E-state index in [0.717, 1.165) is 51.3 Å². The minimum absolute atomic E-state index is 0. The van der Waals surface area contributed by atoms with Crippen LogP contribution in [0, 0.1) is 5.92 Å². The monoisotopic (exact) mass is 471 g/mol. The van der Waals surface area contributed by atoms with E-state index >= 15 is 0 Å². The van der Waals surface area contributed by atoms with Crippen LogP contribution in [0.25, 0.3) is 0 Å². The summed E-state index contributed by atoms with van der Waals surface area (Å²) in [5.74, 6) is 1.45. The zero-order valence-electron chi connectivity index (χ0n) is 15.5. The lowest BCUT2D eigenvalue weighted by molar-refractivity contribution is -0.134. The summed E-state index contributed by atoms with van der Waals surface area (Å²) in [6.45, 7) is 2.46. The van der Waals surface area contributed by atoms with Gasteiger partial charge < -0.3 is 15.5 Å². The number of hydrogen-bond donors (Lipinski definition) is 2. The Morgan fingerprint density at radius 1 is 1.35 bits per heavy atom. The van der Waals surface area contributed by atoms with Crippen LogP contribution in [0.15, 0.2) is 29.5 Å². The van der Waals surface area contributed by atoms with Gasteiger partial charge in [-0.2, -0.15) is 0 Å². The minimum Gasteiger partial charge on any atom is -0.356 e. The van der Waals surface area contributed by atoms with Gasteiger partial charge in [0.25, 0.3) is 0 Å². The van der Waals surface area contributed by atoms with Crippen LogP contribution in [-0.2, 0) is 11.2 Å². The normalized spacial score (nSPS) is 20.7. The molecule has 26 heavy (non-hydrogen) atoms. The van der Waals surface area contributed by atoms with Gasteiger partial charge in [0.2, 0.25) is 5.91 Å². The van der Waals surface area contributed by atoms with Crippen LogP contribution >= 0.6 is 24.0 Å². The molecule has 0 aromatic carbocycles. The van der Waals surface area contributed by atoms with E-state index in [1.54, 1.807) is 13.2 Å². The van der Waals surface area contributed by atoms with Gasteiger partial charge in [0.15, 0.2) is 5.96 Å². The van der Waals surface area contributed by atoms with Crippen molar-refractivity contribution in [3.63, 3.8) is 0 Å². The van der Waals surface area contributed by atoms with Crippen LogP contribution in [0.5, 0.6) is 0 Å². The van der Waals surface area contributed by atoms with E-state index in [2.05, 4.69) is 26.7 Å². The molecule has 1 saturated carbocycles. The molecule has 0 bridgehead atoms. The molecule has 2 aliphatic rings. The molecule has 6 nitrogen and oxygen atoms in total. The van der Waals surface area contributed by atoms with Gasteiger partial charge >= 0.3 is 0 Å². The molecule has 1 amide bonds. The Morgan fingerprint density at radius 2 is 2.15 bits per heavy atom. The fourth-order valence-electron chi connectivity index (χ4n) is 3.77. The van der Waals surface area contributed by atoms with Gasteiger partial charge in [0, 0.05) is 51.0 Å². The summed E-state index contributed by atoms with van der Waals surface area (Å²) < 4.78 is 0. The number of carbonyl (C=O) groups excluding carboxylic acids is 1. The summed E-state index contributed by atoms with van der Waals surface area (Å²) in [7, 11) is 1.79. The van der Waals surface area contributed by atoms with Gasteiger partial charge in [0.1, 0.15) is 0 Å². The van der Waals surface area contributed by atoms with Gasteiger partial charge in [-0.15, -0.1) is 24.0 Å². The third-order valence-corrected chi connectivity index (χ3v) is 5.20. The van der Waals surface area contributed by atoms with Gasteiger partial charge in [-0.1, -0.05) is 18.9 Å². The molecule has 1 atom stereocenters. The number of nitrogens with zero attached hydrogens (tertiary/aromatic N) is 3. The quantitative estimate of drug-likeness (QED) is 0.393. The van der Waals surface area contributed by atoms with Crippen molar-refractivity contribution in [2.45, 2.75) is 44.6 Å². The predicted octanol–water partition coefficient (Wildman–Crippen LogP) is 2.20. The maximum Gasteiger partial charge on any atom is 0.225 e. The molecule has 2 N–H and O–H groups in total. The molecular weight excluding hydrogens is 441 g/mol. The second-order valence-corrected chi connectivity index (χ2v) is 7.01. The van der Waals surface area contributed by atoms with E-state index in [9.17, 15) is 4.79 Å². The minimum atomic E-state index is 0. The molecule has 144 valence electrons. The molecule has 1 aliphatic heterocycles. The van der Waals surface area contributed by atoms with E-state index in [4.69, 9.17) is 0 Å². The molecule has 7 heteroatoms. The Kier molecular flexibility index (Phi) is 8.61. The standard InChI is InChI=1S/C19H29N5O.HI/c1-20-19(22-11-8-15-5-4-10-21-13-15)23-17-9-12-24(14-17)18(25)16-6-2-3-7-16;/h4-5,10,13,16-17H,2-3,6-9,11-12,14H2,1H3,(H2,20,22,23);1H. The molecule has 1 saturated heterocycles.